The normalized spacial score (nSPS) is 22.7. The van der Waals surface area contributed by atoms with E-state index in [-0.39, 0.29) is 10.6 Å². The third-order valence-electron chi connectivity index (χ3n) is 6.43. The molecule has 0 heterocycles. The minimum Gasteiger partial charge on any atom is -0.504 e. The van der Waals surface area contributed by atoms with Gasteiger partial charge in [-0.1, -0.05) is 49.2 Å². The largest absolute Gasteiger partial charge is 0.504 e. The Kier molecular flexibility index (Phi) is 5.83. The number of hydrogen-bond donors (Lipinski definition) is 3. The number of benzene rings is 2. The Morgan fingerprint density at radius 2 is 1.56 bits per heavy atom. The van der Waals surface area contributed by atoms with Crippen LogP contribution in [0.15, 0.2) is 53.4 Å². The molecular weight excluding hydrogens is 430 g/mol. The Morgan fingerprint density at radius 3 is 2.19 bits per heavy atom. The van der Waals surface area contributed by atoms with Gasteiger partial charge in [0.05, 0.1) is 5.69 Å². The number of hydrogen-bond acceptors (Lipinski definition) is 7. The molecular formula is C23H27N3O5S. The average molecular weight is 458 g/mol. The Balaban J connectivity index is 1.61. The van der Waals surface area contributed by atoms with Crippen LogP contribution in [0.4, 0.5) is 5.69 Å². The predicted molar refractivity (Wildman–Crippen MR) is 120 cm³/mol. The quantitative estimate of drug-likeness (QED) is 0.430. The summed E-state index contributed by atoms with van der Waals surface area (Å²) >= 11 is 0. The summed E-state index contributed by atoms with van der Waals surface area (Å²) in [7, 11) is -1.14. The van der Waals surface area contributed by atoms with E-state index in [1.165, 1.54) is 32.3 Å². The molecule has 0 amide bonds. The van der Waals surface area contributed by atoms with Crippen molar-refractivity contribution < 1.29 is 23.1 Å². The number of rotatable bonds is 7. The Morgan fingerprint density at radius 1 is 0.938 bits per heavy atom. The Hall–Kier alpha value is -2.75. The number of carbonyl (C=O) groups is 2. The van der Waals surface area contributed by atoms with Crippen molar-refractivity contribution in [3.8, 4) is 5.75 Å². The zero-order valence-corrected chi connectivity index (χ0v) is 18.9. The van der Waals surface area contributed by atoms with Gasteiger partial charge in [0.1, 0.15) is 17.0 Å². The predicted octanol–water partition coefficient (Wildman–Crippen LogP) is 2.00. The molecule has 3 N–H and O–H groups in total. The molecule has 8 nitrogen and oxygen atoms in total. The lowest BCUT2D eigenvalue weighted by Gasteiger charge is -2.42. The Labute approximate surface area is 187 Å². The lowest BCUT2D eigenvalue weighted by atomic mass is 9.78. The highest BCUT2D eigenvalue weighted by Gasteiger charge is 2.53. The van der Waals surface area contributed by atoms with Gasteiger partial charge in [0.15, 0.2) is 5.75 Å². The maximum absolute atomic E-state index is 12.5. The summed E-state index contributed by atoms with van der Waals surface area (Å²) in [4.78, 5) is 24.7. The summed E-state index contributed by atoms with van der Waals surface area (Å²) in [6, 6.07) is 12.5. The van der Waals surface area contributed by atoms with Crippen molar-refractivity contribution >= 4 is 27.3 Å². The zero-order valence-electron chi connectivity index (χ0n) is 18.0. The van der Waals surface area contributed by atoms with Crippen molar-refractivity contribution in [2.24, 2.45) is 0 Å². The lowest BCUT2D eigenvalue weighted by molar-refractivity contribution is -0.146. The summed E-state index contributed by atoms with van der Waals surface area (Å²) in [6.45, 7) is 0. The number of para-hydroxylation sites is 1. The van der Waals surface area contributed by atoms with Crippen LogP contribution in [0.3, 0.4) is 0 Å². The van der Waals surface area contributed by atoms with E-state index in [0.29, 0.717) is 0 Å². The van der Waals surface area contributed by atoms with Crippen molar-refractivity contribution in [3.63, 3.8) is 0 Å². The third-order valence-corrected chi connectivity index (χ3v) is 8.27. The zero-order chi connectivity index (χ0) is 23.1. The fourth-order valence-electron chi connectivity index (χ4n) is 4.57. The topological polar surface area (TPSA) is 116 Å². The van der Waals surface area contributed by atoms with Crippen LogP contribution in [0.25, 0.3) is 0 Å². The molecule has 0 aromatic heterocycles. The number of Topliss-reactive ketones (excluding diaryl/α,β-unsaturated/α-hetero) is 2. The molecule has 2 fully saturated rings. The van der Waals surface area contributed by atoms with E-state index in [0.717, 1.165) is 35.6 Å². The number of phenolic OH excluding ortho intramolecular Hbond substituents is 1. The van der Waals surface area contributed by atoms with Crippen LogP contribution in [-0.4, -0.2) is 55.6 Å². The van der Waals surface area contributed by atoms with Crippen molar-refractivity contribution in [2.45, 2.75) is 48.2 Å². The second-order valence-corrected chi connectivity index (χ2v) is 10.7. The number of ketones is 2. The van der Waals surface area contributed by atoms with Crippen LogP contribution in [-0.2, 0) is 25.2 Å². The SMILES string of the molecule is CN(C)S(=O)(=O)c1cccc(NC2C(=O)C(=O)C2NC2(c3ccccc3)CCCC2)c1O. The van der Waals surface area contributed by atoms with E-state index in [2.05, 4.69) is 10.6 Å². The molecule has 2 aliphatic carbocycles. The fourth-order valence-corrected chi connectivity index (χ4v) is 5.57. The summed E-state index contributed by atoms with van der Waals surface area (Å²) in [5, 5.41) is 17.0. The van der Waals surface area contributed by atoms with E-state index in [1.54, 1.807) is 0 Å². The highest BCUT2D eigenvalue weighted by molar-refractivity contribution is 7.89. The first kappa shape index (κ1) is 22.4. The monoisotopic (exact) mass is 457 g/mol. The van der Waals surface area contributed by atoms with Gasteiger partial charge in [0.2, 0.25) is 21.6 Å². The van der Waals surface area contributed by atoms with Gasteiger partial charge in [-0.25, -0.2) is 12.7 Å². The van der Waals surface area contributed by atoms with Crippen molar-refractivity contribution in [2.75, 3.05) is 19.4 Å². The number of carbonyl (C=O) groups excluding carboxylic acids is 2. The van der Waals surface area contributed by atoms with Crippen LogP contribution in [0, 0.1) is 0 Å². The highest BCUT2D eigenvalue weighted by Crippen LogP contribution is 2.41. The van der Waals surface area contributed by atoms with Gasteiger partial charge in [-0.05, 0) is 30.5 Å². The van der Waals surface area contributed by atoms with Crippen molar-refractivity contribution in [1.29, 1.82) is 0 Å². The first-order chi connectivity index (χ1) is 15.2. The van der Waals surface area contributed by atoms with Crippen LogP contribution in [0.1, 0.15) is 31.2 Å². The highest BCUT2D eigenvalue weighted by atomic mass is 32.2. The van der Waals surface area contributed by atoms with Crippen LogP contribution < -0.4 is 10.6 Å². The number of anilines is 1. The average Bonchev–Trinajstić information content (AvgIpc) is 3.27. The third kappa shape index (κ3) is 3.70. The molecule has 2 saturated carbocycles. The Bertz CT molecular complexity index is 1140. The molecule has 170 valence electrons. The number of aromatic hydroxyl groups is 1. The van der Waals surface area contributed by atoms with E-state index in [1.807, 2.05) is 30.3 Å². The fraction of sp³-hybridized carbons (Fsp3) is 0.391. The molecule has 2 aromatic carbocycles. The minimum atomic E-state index is -3.88. The van der Waals surface area contributed by atoms with E-state index < -0.39 is 45.0 Å². The summed E-state index contributed by atoms with van der Waals surface area (Å²) in [5.41, 5.74) is 0.761. The maximum Gasteiger partial charge on any atom is 0.246 e. The van der Waals surface area contributed by atoms with Gasteiger partial charge in [-0.3, -0.25) is 14.9 Å². The van der Waals surface area contributed by atoms with Gasteiger partial charge in [-0.2, -0.15) is 0 Å². The van der Waals surface area contributed by atoms with Crippen LogP contribution in [0.5, 0.6) is 5.75 Å². The van der Waals surface area contributed by atoms with Crippen LogP contribution >= 0.6 is 0 Å². The van der Waals surface area contributed by atoms with Gasteiger partial charge < -0.3 is 10.4 Å². The number of sulfonamides is 1. The second-order valence-electron chi connectivity index (χ2n) is 8.57. The smallest absolute Gasteiger partial charge is 0.246 e. The van der Waals surface area contributed by atoms with Crippen LogP contribution in [0.2, 0.25) is 0 Å². The molecule has 0 radical (unpaired) electrons. The standard InChI is InChI=1S/C23H27N3O5S/c1-26(2)32(30,31)17-12-8-11-16(20(17)27)24-18-19(22(29)21(18)28)25-23(13-6-7-14-23)15-9-4-3-5-10-15/h3-5,8-12,18-19,24-25,27H,6-7,13-14H2,1-2H3. The van der Waals surface area contributed by atoms with Gasteiger partial charge in [0.25, 0.3) is 0 Å². The minimum absolute atomic E-state index is 0.0887. The maximum atomic E-state index is 12.5. The lowest BCUT2D eigenvalue weighted by Crippen LogP contribution is -2.70. The van der Waals surface area contributed by atoms with Gasteiger partial charge >= 0.3 is 0 Å². The molecule has 0 aliphatic heterocycles. The second kappa shape index (κ2) is 8.31. The molecule has 2 aliphatic rings. The van der Waals surface area contributed by atoms with E-state index in [9.17, 15) is 23.1 Å². The molecule has 9 heteroatoms. The summed E-state index contributed by atoms with van der Waals surface area (Å²) in [6.07, 6.45) is 3.73. The molecule has 2 atom stereocenters. The first-order valence-corrected chi connectivity index (χ1v) is 12.0. The number of nitrogens with zero attached hydrogens (tertiary/aromatic N) is 1. The molecule has 32 heavy (non-hydrogen) atoms. The van der Waals surface area contributed by atoms with Gasteiger partial charge in [0, 0.05) is 19.6 Å². The van der Waals surface area contributed by atoms with Crippen molar-refractivity contribution in [1.82, 2.24) is 9.62 Å². The molecule has 0 bridgehead atoms. The summed E-state index contributed by atoms with van der Waals surface area (Å²) < 4.78 is 26.0. The summed E-state index contributed by atoms with van der Waals surface area (Å²) in [5.74, 6) is -1.59. The molecule has 0 spiro atoms. The first-order valence-electron chi connectivity index (χ1n) is 10.6. The van der Waals surface area contributed by atoms with Crippen molar-refractivity contribution in [3.05, 3.63) is 54.1 Å². The van der Waals surface area contributed by atoms with E-state index >= 15 is 0 Å². The molecule has 2 unspecified atom stereocenters. The molecule has 4 rings (SSSR count). The van der Waals surface area contributed by atoms with E-state index in [4.69, 9.17) is 0 Å². The molecule has 0 saturated heterocycles. The van der Waals surface area contributed by atoms with Gasteiger partial charge in [-0.15, -0.1) is 0 Å². The molecule has 2 aromatic rings. The number of phenols is 1. The number of nitrogens with one attached hydrogen (secondary N) is 2.